The highest BCUT2D eigenvalue weighted by molar-refractivity contribution is 6.30. The van der Waals surface area contributed by atoms with Crippen molar-refractivity contribution in [2.24, 2.45) is 0 Å². The summed E-state index contributed by atoms with van der Waals surface area (Å²) in [6, 6.07) is 18.1. The lowest BCUT2D eigenvalue weighted by molar-refractivity contribution is 0.930. The van der Waals surface area contributed by atoms with Gasteiger partial charge in [-0.2, -0.15) is 0 Å². The molecule has 0 saturated heterocycles. The summed E-state index contributed by atoms with van der Waals surface area (Å²) < 4.78 is 0. The molecular formula is C16H14ClN3. The minimum absolute atomic E-state index is 0.715. The first-order valence-corrected chi connectivity index (χ1v) is 6.77. The number of rotatable bonds is 4. The average molecular weight is 284 g/mol. The van der Waals surface area contributed by atoms with Crippen molar-refractivity contribution in [2.45, 2.75) is 6.54 Å². The summed E-state index contributed by atoms with van der Waals surface area (Å²) in [6.07, 6.45) is 3.57. The van der Waals surface area contributed by atoms with Gasteiger partial charge in [-0.1, -0.05) is 48.0 Å². The Morgan fingerprint density at radius 3 is 2.60 bits per heavy atom. The van der Waals surface area contributed by atoms with E-state index in [0.717, 1.165) is 18.2 Å². The van der Waals surface area contributed by atoms with Crippen molar-refractivity contribution < 1.29 is 0 Å². The Morgan fingerprint density at radius 2 is 1.90 bits per heavy atom. The quantitative estimate of drug-likeness (QED) is 0.769. The number of nitrogens with zero attached hydrogens (tertiary/aromatic N) is 2. The van der Waals surface area contributed by atoms with Crippen LogP contribution in [0.15, 0.2) is 67.0 Å². The van der Waals surface area contributed by atoms with Gasteiger partial charge in [0.15, 0.2) is 0 Å². The molecule has 3 aromatic rings. The lowest BCUT2D eigenvalue weighted by atomic mass is 10.2. The number of hydrogen-bond acceptors (Lipinski definition) is 2. The van der Waals surface area contributed by atoms with Crippen LogP contribution in [-0.2, 0) is 6.54 Å². The Bertz CT molecular complexity index is 665. The van der Waals surface area contributed by atoms with E-state index in [4.69, 9.17) is 11.6 Å². The minimum atomic E-state index is 0.715. The zero-order valence-corrected chi connectivity index (χ0v) is 11.6. The first-order valence-electron chi connectivity index (χ1n) is 6.39. The molecule has 0 aliphatic carbocycles. The maximum atomic E-state index is 6.10. The van der Waals surface area contributed by atoms with E-state index >= 15 is 0 Å². The second-order valence-corrected chi connectivity index (χ2v) is 4.90. The highest BCUT2D eigenvalue weighted by Crippen LogP contribution is 2.26. The molecule has 0 amide bonds. The first kappa shape index (κ1) is 12.8. The topological polar surface area (TPSA) is 31.9 Å². The molecule has 0 radical (unpaired) electrons. The maximum absolute atomic E-state index is 6.10. The zero-order chi connectivity index (χ0) is 13.8. The molecule has 1 N–H and O–H groups in total. The van der Waals surface area contributed by atoms with Gasteiger partial charge in [-0.25, -0.2) is 4.98 Å². The Morgan fingerprint density at radius 1 is 1.05 bits per heavy atom. The molecule has 0 aliphatic rings. The van der Waals surface area contributed by atoms with E-state index in [-0.39, 0.29) is 0 Å². The lowest BCUT2D eigenvalue weighted by Crippen LogP contribution is -2.17. The summed E-state index contributed by atoms with van der Waals surface area (Å²) in [5, 5.41) is 0.715. The van der Waals surface area contributed by atoms with E-state index in [1.54, 1.807) is 6.20 Å². The maximum Gasteiger partial charge on any atom is 0.207 e. The molecule has 3 nitrogen and oxygen atoms in total. The van der Waals surface area contributed by atoms with Crippen LogP contribution in [0.25, 0.3) is 0 Å². The van der Waals surface area contributed by atoms with Crippen molar-refractivity contribution in [3.8, 4) is 0 Å². The molecule has 0 bridgehead atoms. The average Bonchev–Trinajstić information content (AvgIpc) is 3.00. The molecule has 0 saturated carbocycles. The number of aromatic amines is 1. The molecule has 0 atom stereocenters. The molecule has 3 rings (SSSR count). The van der Waals surface area contributed by atoms with E-state index in [1.165, 1.54) is 5.56 Å². The standard InChI is InChI=1S/C16H14ClN3/c17-14-7-4-8-15(11-14)20(16-18-9-10-19-16)12-13-5-2-1-3-6-13/h1-11H,12H2,(H,18,19). The van der Waals surface area contributed by atoms with Crippen molar-refractivity contribution in [3.63, 3.8) is 0 Å². The van der Waals surface area contributed by atoms with Gasteiger partial charge < -0.3 is 9.88 Å². The van der Waals surface area contributed by atoms with Crippen LogP contribution in [0.4, 0.5) is 11.6 Å². The third-order valence-electron chi connectivity index (χ3n) is 3.04. The summed E-state index contributed by atoms with van der Waals surface area (Å²) in [7, 11) is 0. The number of hydrogen-bond donors (Lipinski definition) is 1. The van der Waals surface area contributed by atoms with E-state index in [9.17, 15) is 0 Å². The molecule has 0 spiro atoms. The number of halogens is 1. The van der Waals surface area contributed by atoms with Crippen LogP contribution in [0, 0.1) is 0 Å². The predicted octanol–water partition coefficient (Wildman–Crippen LogP) is 4.40. The van der Waals surface area contributed by atoms with Gasteiger partial charge in [0.1, 0.15) is 0 Å². The normalized spacial score (nSPS) is 10.4. The van der Waals surface area contributed by atoms with Crippen molar-refractivity contribution >= 4 is 23.2 Å². The number of nitrogens with one attached hydrogen (secondary N) is 1. The monoisotopic (exact) mass is 283 g/mol. The van der Waals surface area contributed by atoms with E-state index < -0.39 is 0 Å². The Hall–Kier alpha value is -2.26. The van der Waals surface area contributed by atoms with Gasteiger partial charge in [-0.3, -0.25) is 0 Å². The summed E-state index contributed by atoms with van der Waals surface area (Å²) in [4.78, 5) is 9.59. The predicted molar refractivity (Wildman–Crippen MR) is 82.3 cm³/mol. The van der Waals surface area contributed by atoms with Gasteiger partial charge in [-0.05, 0) is 23.8 Å². The van der Waals surface area contributed by atoms with Crippen molar-refractivity contribution in [2.75, 3.05) is 4.90 Å². The van der Waals surface area contributed by atoms with Crippen LogP contribution in [0.5, 0.6) is 0 Å². The van der Waals surface area contributed by atoms with Crippen molar-refractivity contribution in [3.05, 3.63) is 77.6 Å². The third-order valence-corrected chi connectivity index (χ3v) is 3.28. The number of anilines is 2. The molecule has 100 valence electrons. The van der Waals surface area contributed by atoms with E-state index in [2.05, 4.69) is 27.0 Å². The van der Waals surface area contributed by atoms with Gasteiger partial charge in [0.2, 0.25) is 5.95 Å². The summed E-state index contributed by atoms with van der Waals surface area (Å²) in [5.74, 6) is 0.802. The van der Waals surface area contributed by atoms with Crippen molar-refractivity contribution in [1.29, 1.82) is 0 Å². The second-order valence-electron chi connectivity index (χ2n) is 4.46. The molecule has 1 aromatic heterocycles. The lowest BCUT2D eigenvalue weighted by Gasteiger charge is -2.22. The Balaban J connectivity index is 1.97. The van der Waals surface area contributed by atoms with Crippen LogP contribution in [0.2, 0.25) is 5.02 Å². The summed E-state index contributed by atoms with van der Waals surface area (Å²) in [5.41, 5.74) is 2.22. The van der Waals surface area contributed by atoms with Crippen LogP contribution in [0.3, 0.4) is 0 Å². The number of aromatic nitrogens is 2. The minimum Gasteiger partial charge on any atom is -0.331 e. The second kappa shape index (κ2) is 5.80. The molecule has 0 fully saturated rings. The van der Waals surface area contributed by atoms with Gasteiger partial charge in [0, 0.05) is 23.1 Å². The molecular weight excluding hydrogens is 270 g/mol. The largest absolute Gasteiger partial charge is 0.331 e. The van der Waals surface area contributed by atoms with Crippen LogP contribution < -0.4 is 4.90 Å². The van der Waals surface area contributed by atoms with Crippen molar-refractivity contribution in [1.82, 2.24) is 9.97 Å². The van der Waals surface area contributed by atoms with Crippen LogP contribution >= 0.6 is 11.6 Å². The molecule has 20 heavy (non-hydrogen) atoms. The number of H-pyrrole nitrogens is 1. The summed E-state index contributed by atoms with van der Waals surface area (Å²) >= 11 is 6.10. The molecule has 0 unspecified atom stereocenters. The molecule has 0 aliphatic heterocycles. The van der Waals surface area contributed by atoms with Gasteiger partial charge >= 0.3 is 0 Å². The van der Waals surface area contributed by atoms with Gasteiger partial charge in [0.05, 0.1) is 6.54 Å². The van der Waals surface area contributed by atoms with Gasteiger partial charge in [-0.15, -0.1) is 0 Å². The molecule has 2 aromatic carbocycles. The third kappa shape index (κ3) is 2.83. The van der Waals surface area contributed by atoms with Gasteiger partial charge in [0.25, 0.3) is 0 Å². The number of benzene rings is 2. The SMILES string of the molecule is Clc1cccc(N(Cc2ccccc2)c2ncc[nH]2)c1. The highest BCUT2D eigenvalue weighted by atomic mass is 35.5. The Labute approximate surface area is 122 Å². The van der Waals surface area contributed by atoms with Crippen LogP contribution in [-0.4, -0.2) is 9.97 Å². The van der Waals surface area contributed by atoms with E-state index in [1.807, 2.05) is 48.7 Å². The van der Waals surface area contributed by atoms with E-state index in [0.29, 0.717) is 5.02 Å². The number of imidazole rings is 1. The van der Waals surface area contributed by atoms with Crippen LogP contribution in [0.1, 0.15) is 5.56 Å². The fourth-order valence-electron chi connectivity index (χ4n) is 2.10. The fourth-order valence-corrected chi connectivity index (χ4v) is 2.29. The fraction of sp³-hybridized carbons (Fsp3) is 0.0625. The molecule has 1 heterocycles. The highest BCUT2D eigenvalue weighted by Gasteiger charge is 2.12. The smallest absolute Gasteiger partial charge is 0.207 e. The zero-order valence-electron chi connectivity index (χ0n) is 10.8. The molecule has 4 heteroatoms. The summed E-state index contributed by atoms with van der Waals surface area (Å²) in [6.45, 7) is 0.731. The Kier molecular flexibility index (Phi) is 3.70. The first-order chi connectivity index (χ1) is 9.83.